The summed E-state index contributed by atoms with van der Waals surface area (Å²) in [5.74, 6) is 0.395. The summed E-state index contributed by atoms with van der Waals surface area (Å²) in [4.78, 5) is 12.1. The minimum absolute atomic E-state index is 0. The largest absolute Gasteiger partial charge is 0.349 e. The third-order valence-electron chi connectivity index (χ3n) is 4.20. The van der Waals surface area contributed by atoms with Crippen LogP contribution in [-0.4, -0.2) is 18.0 Å². The van der Waals surface area contributed by atoms with E-state index in [0.717, 1.165) is 12.8 Å². The molecule has 1 unspecified atom stereocenters. The fourth-order valence-corrected chi connectivity index (χ4v) is 2.01. The average Bonchev–Trinajstić information content (AvgIpc) is 2.45. The molecule has 0 saturated carbocycles. The van der Waals surface area contributed by atoms with Gasteiger partial charge in [-0.2, -0.15) is 0 Å². The Bertz CT molecular complexity index is 431. The van der Waals surface area contributed by atoms with Gasteiger partial charge in [0.15, 0.2) is 0 Å². The maximum atomic E-state index is 12.1. The number of hydrogen-bond donors (Lipinski definition) is 2. The van der Waals surface area contributed by atoms with Crippen LogP contribution < -0.4 is 11.1 Å². The normalized spacial score (nSPS) is 13.4. The Morgan fingerprint density at radius 1 is 1.24 bits per heavy atom. The van der Waals surface area contributed by atoms with Crippen LogP contribution in [0.1, 0.15) is 45.2 Å². The predicted molar refractivity (Wildman–Crippen MR) is 91.8 cm³/mol. The van der Waals surface area contributed by atoms with Gasteiger partial charge in [0.2, 0.25) is 5.91 Å². The first-order valence-electron chi connectivity index (χ1n) is 7.50. The number of hydrogen-bond acceptors (Lipinski definition) is 2. The Hall–Kier alpha value is -1.06. The molecule has 0 saturated heterocycles. The lowest BCUT2D eigenvalue weighted by atomic mass is 9.88. The van der Waals surface area contributed by atoms with E-state index in [1.54, 1.807) is 0 Å². The van der Waals surface area contributed by atoms with Crippen molar-refractivity contribution in [1.29, 1.82) is 0 Å². The molecule has 1 amide bonds. The van der Waals surface area contributed by atoms with Gasteiger partial charge in [-0.15, -0.1) is 12.4 Å². The first kappa shape index (κ1) is 19.9. The summed E-state index contributed by atoms with van der Waals surface area (Å²) in [6.07, 6.45) is 2.33. The molecule has 1 aromatic rings. The molecule has 1 aromatic carbocycles. The van der Waals surface area contributed by atoms with Crippen LogP contribution in [0.3, 0.4) is 0 Å². The summed E-state index contributed by atoms with van der Waals surface area (Å²) >= 11 is 0. The molecule has 0 aliphatic heterocycles. The molecule has 0 radical (unpaired) electrons. The first-order valence-corrected chi connectivity index (χ1v) is 7.50. The summed E-state index contributed by atoms with van der Waals surface area (Å²) in [6, 6.07) is 8.48. The Morgan fingerprint density at radius 2 is 1.76 bits per heavy atom. The zero-order valence-corrected chi connectivity index (χ0v) is 14.4. The second-order valence-electron chi connectivity index (χ2n) is 5.99. The van der Waals surface area contributed by atoms with Gasteiger partial charge in [0.25, 0.3) is 0 Å². The average molecular weight is 313 g/mol. The van der Waals surface area contributed by atoms with Crippen LogP contribution in [0.2, 0.25) is 0 Å². The molecular weight excluding hydrogens is 284 g/mol. The predicted octanol–water partition coefficient (Wildman–Crippen LogP) is 3.09. The van der Waals surface area contributed by atoms with Crippen LogP contribution in [0, 0.1) is 5.92 Å². The van der Waals surface area contributed by atoms with Crippen molar-refractivity contribution >= 4 is 18.3 Å². The van der Waals surface area contributed by atoms with E-state index in [1.807, 2.05) is 6.92 Å². The highest BCUT2D eigenvalue weighted by Crippen LogP contribution is 2.15. The number of carbonyl (C=O) groups excluding carboxylic acids is 1. The van der Waals surface area contributed by atoms with Crippen molar-refractivity contribution in [3.63, 3.8) is 0 Å². The van der Waals surface area contributed by atoms with E-state index in [1.165, 1.54) is 11.1 Å². The first-order chi connectivity index (χ1) is 9.41. The number of halogens is 1. The van der Waals surface area contributed by atoms with E-state index in [-0.39, 0.29) is 23.9 Å². The number of nitrogens with two attached hydrogens (primary N) is 1. The number of rotatable bonds is 7. The van der Waals surface area contributed by atoms with Crippen LogP contribution in [-0.2, 0) is 17.6 Å². The van der Waals surface area contributed by atoms with E-state index in [9.17, 15) is 4.79 Å². The highest BCUT2D eigenvalue weighted by Gasteiger charge is 2.28. The molecule has 0 aliphatic carbocycles. The molecule has 21 heavy (non-hydrogen) atoms. The molecule has 0 fully saturated rings. The molecular formula is C17H29ClN2O. The monoisotopic (exact) mass is 312 g/mol. The fraction of sp³-hybridized carbons (Fsp3) is 0.588. The van der Waals surface area contributed by atoms with E-state index in [2.05, 4.69) is 50.4 Å². The zero-order valence-electron chi connectivity index (χ0n) is 13.6. The summed E-state index contributed by atoms with van der Waals surface area (Å²) < 4.78 is 0. The Kier molecular flexibility index (Phi) is 8.60. The highest BCUT2D eigenvalue weighted by atomic mass is 35.5. The summed E-state index contributed by atoms with van der Waals surface area (Å²) in [7, 11) is 0. The molecule has 3 nitrogen and oxygen atoms in total. The minimum Gasteiger partial charge on any atom is -0.349 e. The summed E-state index contributed by atoms with van der Waals surface area (Å²) in [6.45, 7) is 8.77. The van der Waals surface area contributed by atoms with Gasteiger partial charge in [-0.25, -0.2) is 0 Å². The van der Waals surface area contributed by atoms with Crippen molar-refractivity contribution in [2.75, 3.05) is 6.54 Å². The Labute approximate surface area is 135 Å². The van der Waals surface area contributed by atoms with Crippen LogP contribution in [0.5, 0.6) is 0 Å². The quantitative estimate of drug-likeness (QED) is 0.813. The molecule has 1 rings (SSSR count). The van der Waals surface area contributed by atoms with Crippen LogP contribution >= 0.6 is 12.4 Å². The van der Waals surface area contributed by atoms with Gasteiger partial charge < -0.3 is 11.1 Å². The summed E-state index contributed by atoms with van der Waals surface area (Å²) in [5.41, 5.74) is 8.00. The SMILES string of the molecule is CCc1ccc(CCC(=O)NC(C)(CN)C(C)C)cc1.Cl. The van der Waals surface area contributed by atoms with Gasteiger partial charge >= 0.3 is 0 Å². The Balaban J connectivity index is 0.00000400. The van der Waals surface area contributed by atoms with E-state index >= 15 is 0 Å². The molecule has 0 bridgehead atoms. The second-order valence-corrected chi connectivity index (χ2v) is 5.99. The second kappa shape index (κ2) is 9.06. The number of aryl methyl sites for hydroxylation is 2. The van der Waals surface area contributed by atoms with Crippen molar-refractivity contribution in [2.45, 2.75) is 52.5 Å². The maximum Gasteiger partial charge on any atom is 0.220 e. The van der Waals surface area contributed by atoms with Crippen LogP contribution in [0.4, 0.5) is 0 Å². The molecule has 1 atom stereocenters. The molecule has 120 valence electrons. The topological polar surface area (TPSA) is 55.1 Å². The lowest BCUT2D eigenvalue weighted by Gasteiger charge is -2.33. The highest BCUT2D eigenvalue weighted by molar-refractivity contribution is 5.85. The maximum absolute atomic E-state index is 12.1. The van der Waals surface area contributed by atoms with Crippen LogP contribution in [0.25, 0.3) is 0 Å². The van der Waals surface area contributed by atoms with Crippen molar-refractivity contribution in [1.82, 2.24) is 5.32 Å². The van der Waals surface area contributed by atoms with Crippen molar-refractivity contribution in [3.05, 3.63) is 35.4 Å². The number of carbonyl (C=O) groups is 1. The molecule has 0 aromatic heterocycles. The van der Waals surface area contributed by atoms with Crippen molar-refractivity contribution < 1.29 is 4.79 Å². The van der Waals surface area contributed by atoms with Crippen molar-refractivity contribution in [2.24, 2.45) is 11.7 Å². The van der Waals surface area contributed by atoms with Gasteiger partial charge in [0.1, 0.15) is 0 Å². The number of amides is 1. The van der Waals surface area contributed by atoms with Gasteiger partial charge in [0, 0.05) is 13.0 Å². The van der Waals surface area contributed by atoms with E-state index in [4.69, 9.17) is 5.73 Å². The molecule has 0 spiro atoms. The minimum atomic E-state index is -0.316. The summed E-state index contributed by atoms with van der Waals surface area (Å²) in [5, 5.41) is 3.07. The van der Waals surface area contributed by atoms with Crippen LogP contribution in [0.15, 0.2) is 24.3 Å². The molecule has 0 aliphatic rings. The van der Waals surface area contributed by atoms with Crippen molar-refractivity contribution in [3.8, 4) is 0 Å². The van der Waals surface area contributed by atoms with E-state index in [0.29, 0.717) is 18.9 Å². The van der Waals surface area contributed by atoms with Gasteiger partial charge in [-0.3, -0.25) is 4.79 Å². The lowest BCUT2D eigenvalue weighted by Crippen LogP contribution is -2.55. The fourth-order valence-electron chi connectivity index (χ4n) is 2.01. The number of nitrogens with one attached hydrogen (secondary N) is 1. The smallest absolute Gasteiger partial charge is 0.220 e. The van der Waals surface area contributed by atoms with Gasteiger partial charge in [-0.05, 0) is 36.8 Å². The lowest BCUT2D eigenvalue weighted by molar-refractivity contribution is -0.123. The molecule has 0 heterocycles. The zero-order chi connectivity index (χ0) is 15.2. The molecule has 3 N–H and O–H groups in total. The molecule has 4 heteroatoms. The number of benzene rings is 1. The van der Waals surface area contributed by atoms with Gasteiger partial charge in [0.05, 0.1) is 5.54 Å². The Morgan fingerprint density at radius 3 is 2.19 bits per heavy atom. The third kappa shape index (κ3) is 6.06. The van der Waals surface area contributed by atoms with Gasteiger partial charge in [-0.1, -0.05) is 45.0 Å². The van der Waals surface area contributed by atoms with E-state index < -0.39 is 0 Å². The third-order valence-corrected chi connectivity index (χ3v) is 4.20. The standard InChI is InChI=1S/C17H28N2O.ClH/c1-5-14-6-8-15(9-7-14)10-11-16(20)19-17(4,12-18)13(2)3;/h6-9,13H,5,10-12,18H2,1-4H3,(H,19,20);1H.